The minimum absolute atomic E-state index is 0.0738. The first kappa shape index (κ1) is 14.7. The average Bonchev–Trinajstić information content (AvgIpc) is 2.78. The number of phenolic OH excluding ortho intramolecular Hbond substituents is 2. The maximum atomic E-state index is 10.8. The van der Waals surface area contributed by atoms with Gasteiger partial charge in [-0.2, -0.15) is 14.9 Å². The standard InChI is InChI=1S/C11H11N5O4S/c1-2-10-13-14-11(21)15(10)12-5-6-3-7(16(19)20)9(18)4-8(6)17/h3-5,17-18H,2H2,1H3,(H,14,21)/b12-5-. The van der Waals surface area contributed by atoms with Crippen molar-refractivity contribution < 1.29 is 15.1 Å². The fourth-order valence-corrected chi connectivity index (χ4v) is 1.82. The van der Waals surface area contributed by atoms with Gasteiger partial charge < -0.3 is 10.2 Å². The number of aryl methyl sites for hydroxylation is 1. The molecule has 1 aromatic carbocycles. The summed E-state index contributed by atoms with van der Waals surface area (Å²) in [5.41, 5.74) is -0.453. The van der Waals surface area contributed by atoms with Crippen LogP contribution in [0, 0.1) is 14.9 Å². The molecule has 110 valence electrons. The zero-order valence-corrected chi connectivity index (χ0v) is 11.7. The minimum Gasteiger partial charge on any atom is -0.507 e. The number of benzene rings is 1. The summed E-state index contributed by atoms with van der Waals surface area (Å²) >= 11 is 5.00. The first-order valence-electron chi connectivity index (χ1n) is 5.85. The smallest absolute Gasteiger partial charge is 0.311 e. The Kier molecular flexibility index (Phi) is 3.98. The quantitative estimate of drug-likeness (QED) is 0.341. The summed E-state index contributed by atoms with van der Waals surface area (Å²) < 4.78 is 1.60. The van der Waals surface area contributed by atoms with Crippen LogP contribution in [-0.4, -0.2) is 36.2 Å². The van der Waals surface area contributed by atoms with Crippen LogP contribution in [0.4, 0.5) is 5.69 Å². The summed E-state index contributed by atoms with van der Waals surface area (Å²) in [7, 11) is 0. The van der Waals surface area contributed by atoms with E-state index < -0.39 is 16.4 Å². The second-order valence-electron chi connectivity index (χ2n) is 4.01. The number of H-pyrrole nitrogens is 1. The molecule has 0 atom stereocenters. The van der Waals surface area contributed by atoms with Crippen molar-refractivity contribution in [3.63, 3.8) is 0 Å². The molecule has 2 rings (SSSR count). The summed E-state index contributed by atoms with van der Waals surface area (Å²) in [6.45, 7) is 1.86. The molecular weight excluding hydrogens is 298 g/mol. The van der Waals surface area contributed by atoms with E-state index in [-0.39, 0.29) is 16.1 Å². The molecule has 0 spiro atoms. The van der Waals surface area contributed by atoms with Gasteiger partial charge in [-0.05, 0) is 12.2 Å². The van der Waals surface area contributed by atoms with Crippen LogP contribution in [-0.2, 0) is 6.42 Å². The number of aromatic nitrogens is 3. The Bertz CT molecular complexity index is 779. The largest absolute Gasteiger partial charge is 0.507 e. The summed E-state index contributed by atoms with van der Waals surface area (Å²) in [5.74, 6) is -0.386. The van der Waals surface area contributed by atoms with Gasteiger partial charge in [0.15, 0.2) is 11.6 Å². The van der Waals surface area contributed by atoms with Crippen LogP contribution in [0.25, 0.3) is 0 Å². The zero-order chi connectivity index (χ0) is 15.6. The monoisotopic (exact) mass is 309 g/mol. The van der Waals surface area contributed by atoms with Crippen molar-refractivity contribution >= 4 is 24.1 Å². The topological polar surface area (TPSA) is 130 Å². The van der Waals surface area contributed by atoms with Gasteiger partial charge in [-0.25, -0.2) is 0 Å². The molecule has 2 aromatic rings. The number of nitrogens with one attached hydrogen (secondary N) is 1. The third kappa shape index (κ3) is 2.89. The number of aromatic hydroxyl groups is 2. The van der Waals surface area contributed by atoms with E-state index in [1.54, 1.807) is 0 Å². The van der Waals surface area contributed by atoms with Gasteiger partial charge in [-0.1, -0.05) is 6.92 Å². The summed E-state index contributed by atoms with van der Waals surface area (Å²) in [4.78, 5) is 10.00. The third-order valence-electron chi connectivity index (χ3n) is 2.67. The Balaban J connectivity index is 2.46. The van der Waals surface area contributed by atoms with Gasteiger partial charge in [0.05, 0.1) is 11.1 Å². The van der Waals surface area contributed by atoms with Crippen molar-refractivity contribution in [3.8, 4) is 11.5 Å². The number of phenols is 2. The molecular formula is C11H11N5O4S. The van der Waals surface area contributed by atoms with Crippen LogP contribution >= 0.6 is 12.2 Å². The Morgan fingerprint density at radius 1 is 1.52 bits per heavy atom. The van der Waals surface area contributed by atoms with Crippen LogP contribution in [0.3, 0.4) is 0 Å². The second kappa shape index (κ2) is 5.71. The van der Waals surface area contributed by atoms with Crippen molar-refractivity contribution in [2.45, 2.75) is 13.3 Å². The lowest BCUT2D eigenvalue weighted by Crippen LogP contribution is -1.98. The fraction of sp³-hybridized carbons (Fsp3) is 0.182. The Labute approximate surface area is 123 Å². The van der Waals surface area contributed by atoms with Crippen molar-refractivity contribution in [3.05, 3.63) is 38.4 Å². The molecule has 0 radical (unpaired) electrons. The second-order valence-corrected chi connectivity index (χ2v) is 4.40. The molecule has 21 heavy (non-hydrogen) atoms. The lowest BCUT2D eigenvalue weighted by atomic mass is 10.2. The van der Waals surface area contributed by atoms with Gasteiger partial charge in [-0.3, -0.25) is 15.2 Å². The molecule has 0 unspecified atom stereocenters. The zero-order valence-electron chi connectivity index (χ0n) is 10.8. The average molecular weight is 309 g/mol. The van der Waals surface area contributed by atoms with E-state index in [4.69, 9.17) is 12.2 Å². The van der Waals surface area contributed by atoms with E-state index in [0.717, 1.165) is 12.1 Å². The number of rotatable bonds is 4. The Morgan fingerprint density at radius 2 is 2.24 bits per heavy atom. The molecule has 10 heteroatoms. The SMILES string of the molecule is CCc1n[nH]c(=S)n1/N=C\c1cc([N+](=O)[O-])c(O)cc1O. The number of aromatic amines is 1. The maximum Gasteiger partial charge on any atom is 0.311 e. The highest BCUT2D eigenvalue weighted by molar-refractivity contribution is 7.71. The molecule has 1 heterocycles. The van der Waals surface area contributed by atoms with Gasteiger partial charge in [0.25, 0.3) is 0 Å². The maximum absolute atomic E-state index is 10.8. The predicted molar refractivity (Wildman–Crippen MR) is 76.2 cm³/mol. The number of hydrogen-bond acceptors (Lipinski definition) is 7. The van der Waals surface area contributed by atoms with Gasteiger partial charge in [-0.15, -0.1) is 0 Å². The highest BCUT2D eigenvalue weighted by Crippen LogP contribution is 2.31. The lowest BCUT2D eigenvalue weighted by molar-refractivity contribution is -0.385. The summed E-state index contributed by atoms with van der Waals surface area (Å²) in [6, 6.07) is 1.90. The first-order chi connectivity index (χ1) is 9.93. The van der Waals surface area contributed by atoms with Crippen LogP contribution in [0.15, 0.2) is 17.2 Å². The van der Waals surface area contributed by atoms with E-state index in [1.165, 1.54) is 10.9 Å². The molecule has 0 saturated heterocycles. The highest BCUT2D eigenvalue weighted by Gasteiger charge is 2.16. The minimum atomic E-state index is -0.757. The molecule has 0 fully saturated rings. The molecule has 9 nitrogen and oxygen atoms in total. The first-order valence-corrected chi connectivity index (χ1v) is 6.26. The number of nitro benzene ring substituents is 1. The van der Waals surface area contributed by atoms with Crippen LogP contribution in [0.5, 0.6) is 11.5 Å². The van der Waals surface area contributed by atoms with E-state index in [2.05, 4.69) is 15.3 Å². The van der Waals surface area contributed by atoms with Gasteiger partial charge in [0.1, 0.15) is 5.75 Å². The van der Waals surface area contributed by atoms with Crippen molar-refractivity contribution in [2.24, 2.45) is 5.10 Å². The molecule has 0 aliphatic rings. The molecule has 1 aromatic heterocycles. The Hall–Kier alpha value is -2.75. The van der Waals surface area contributed by atoms with Crippen molar-refractivity contribution in [1.82, 2.24) is 14.9 Å². The molecule has 3 N–H and O–H groups in total. The van der Waals surface area contributed by atoms with E-state index in [0.29, 0.717) is 12.2 Å². The molecule has 0 saturated carbocycles. The van der Waals surface area contributed by atoms with Crippen LogP contribution < -0.4 is 0 Å². The third-order valence-corrected chi connectivity index (χ3v) is 2.93. The Morgan fingerprint density at radius 3 is 2.86 bits per heavy atom. The summed E-state index contributed by atoms with van der Waals surface area (Å²) in [5, 5.41) is 40.4. The number of hydrogen-bond donors (Lipinski definition) is 3. The van der Waals surface area contributed by atoms with Crippen molar-refractivity contribution in [1.29, 1.82) is 0 Å². The fourth-order valence-electron chi connectivity index (χ4n) is 1.62. The van der Waals surface area contributed by atoms with E-state index in [9.17, 15) is 20.3 Å². The summed E-state index contributed by atoms with van der Waals surface area (Å²) in [6.07, 6.45) is 1.78. The van der Waals surface area contributed by atoms with E-state index in [1.807, 2.05) is 6.92 Å². The van der Waals surface area contributed by atoms with Gasteiger partial charge in [0, 0.05) is 24.1 Å². The van der Waals surface area contributed by atoms with Crippen molar-refractivity contribution in [2.75, 3.05) is 0 Å². The normalized spacial score (nSPS) is 11.1. The molecule has 0 aliphatic heterocycles. The molecule has 0 aliphatic carbocycles. The van der Waals surface area contributed by atoms with Gasteiger partial charge in [0.2, 0.25) is 4.77 Å². The predicted octanol–water partition coefficient (Wildman–Crippen LogP) is 1.70. The highest BCUT2D eigenvalue weighted by atomic mass is 32.1. The number of nitrogens with zero attached hydrogens (tertiary/aromatic N) is 4. The van der Waals surface area contributed by atoms with Crippen LogP contribution in [0.2, 0.25) is 0 Å². The van der Waals surface area contributed by atoms with Gasteiger partial charge >= 0.3 is 5.69 Å². The number of nitro groups is 1. The van der Waals surface area contributed by atoms with Crippen LogP contribution in [0.1, 0.15) is 18.3 Å². The molecule has 0 bridgehead atoms. The lowest BCUT2D eigenvalue weighted by Gasteiger charge is -2.02. The molecule has 0 amide bonds. The van der Waals surface area contributed by atoms with E-state index >= 15 is 0 Å².